The van der Waals surface area contributed by atoms with E-state index >= 15 is 0 Å². The first kappa shape index (κ1) is 17.5. The Bertz CT molecular complexity index is 428. The van der Waals surface area contributed by atoms with Gasteiger partial charge in [0.2, 0.25) is 5.91 Å². The summed E-state index contributed by atoms with van der Waals surface area (Å²) < 4.78 is 0. The number of carbonyl (C=O) groups is 1. The van der Waals surface area contributed by atoms with Crippen LogP contribution in [-0.2, 0) is 11.3 Å². The topological polar surface area (TPSA) is 49.6 Å². The first-order valence-electron chi connectivity index (χ1n) is 7.64. The van der Waals surface area contributed by atoms with Gasteiger partial charge in [0.05, 0.1) is 0 Å². The molecule has 0 bridgehead atoms. The van der Waals surface area contributed by atoms with E-state index in [0.29, 0.717) is 25.4 Å². The number of nitrogens with zero attached hydrogens (tertiary/aromatic N) is 2. The lowest BCUT2D eigenvalue weighted by molar-refractivity contribution is -0.130. The molecule has 118 valence electrons. The SMILES string of the molecule is CC(CCN)CCC(=O)N(C)Cc1ccc(N(C)C)cc1. The summed E-state index contributed by atoms with van der Waals surface area (Å²) in [5.74, 6) is 0.724. The average molecular weight is 291 g/mol. The highest BCUT2D eigenvalue weighted by atomic mass is 16.2. The van der Waals surface area contributed by atoms with Crippen molar-refractivity contribution in [1.82, 2.24) is 4.90 Å². The molecule has 1 rings (SSSR count). The van der Waals surface area contributed by atoms with E-state index in [2.05, 4.69) is 36.1 Å². The molecule has 0 aromatic heterocycles. The predicted octanol–water partition coefficient (Wildman–Crippen LogP) is 2.48. The fourth-order valence-electron chi connectivity index (χ4n) is 2.25. The largest absolute Gasteiger partial charge is 0.378 e. The van der Waals surface area contributed by atoms with Crippen molar-refractivity contribution < 1.29 is 4.79 Å². The Morgan fingerprint density at radius 2 is 1.76 bits per heavy atom. The van der Waals surface area contributed by atoms with Gasteiger partial charge in [-0.05, 0) is 43.0 Å². The first-order chi connectivity index (χ1) is 9.93. The van der Waals surface area contributed by atoms with E-state index in [1.165, 1.54) is 5.69 Å². The molecule has 0 aliphatic carbocycles. The van der Waals surface area contributed by atoms with Crippen LogP contribution < -0.4 is 10.6 Å². The Balaban J connectivity index is 2.44. The highest BCUT2D eigenvalue weighted by Crippen LogP contribution is 2.15. The molecule has 4 nitrogen and oxygen atoms in total. The fourth-order valence-corrected chi connectivity index (χ4v) is 2.25. The van der Waals surface area contributed by atoms with Crippen molar-refractivity contribution in [2.45, 2.75) is 32.7 Å². The molecule has 0 heterocycles. The average Bonchev–Trinajstić information content (AvgIpc) is 2.45. The molecule has 0 aliphatic heterocycles. The van der Waals surface area contributed by atoms with Crippen LogP contribution in [0, 0.1) is 5.92 Å². The molecule has 1 atom stereocenters. The number of amides is 1. The van der Waals surface area contributed by atoms with Crippen LogP contribution in [0.15, 0.2) is 24.3 Å². The van der Waals surface area contributed by atoms with Crippen LogP contribution in [0.3, 0.4) is 0 Å². The summed E-state index contributed by atoms with van der Waals surface area (Å²) in [6.45, 7) is 3.52. The number of rotatable bonds is 8. The predicted molar refractivity (Wildman–Crippen MR) is 89.3 cm³/mol. The Morgan fingerprint density at radius 1 is 1.14 bits per heavy atom. The Kier molecular flexibility index (Phi) is 7.23. The van der Waals surface area contributed by atoms with Crippen molar-refractivity contribution >= 4 is 11.6 Å². The summed E-state index contributed by atoms with van der Waals surface area (Å²) in [7, 11) is 5.91. The van der Waals surface area contributed by atoms with Crippen molar-refractivity contribution in [1.29, 1.82) is 0 Å². The van der Waals surface area contributed by atoms with Crippen LogP contribution in [0.4, 0.5) is 5.69 Å². The highest BCUT2D eigenvalue weighted by Gasteiger charge is 2.11. The maximum atomic E-state index is 12.1. The summed E-state index contributed by atoms with van der Waals surface area (Å²) in [6, 6.07) is 8.32. The van der Waals surface area contributed by atoms with Gasteiger partial charge < -0.3 is 15.5 Å². The number of hydrogen-bond acceptors (Lipinski definition) is 3. The Hall–Kier alpha value is -1.55. The molecule has 0 fully saturated rings. The highest BCUT2D eigenvalue weighted by molar-refractivity contribution is 5.75. The van der Waals surface area contributed by atoms with Crippen LogP contribution in [-0.4, -0.2) is 38.5 Å². The van der Waals surface area contributed by atoms with Gasteiger partial charge in [-0.25, -0.2) is 0 Å². The number of anilines is 1. The lowest BCUT2D eigenvalue weighted by Crippen LogP contribution is -2.26. The van der Waals surface area contributed by atoms with E-state index in [9.17, 15) is 4.79 Å². The van der Waals surface area contributed by atoms with Crippen molar-refractivity contribution in [2.75, 3.05) is 32.6 Å². The molecule has 1 unspecified atom stereocenters. The van der Waals surface area contributed by atoms with Gasteiger partial charge in [0, 0.05) is 39.8 Å². The van der Waals surface area contributed by atoms with Gasteiger partial charge in [-0.1, -0.05) is 19.1 Å². The standard InChI is InChI=1S/C17H29N3O/c1-14(11-12-18)5-10-17(21)20(4)13-15-6-8-16(9-7-15)19(2)3/h6-9,14H,5,10-13,18H2,1-4H3. The van der Waals surface area contributed by atoms with Crippen LogP contribution in [0.5, 0.6) is 0 Å². The van der Waals surface area contributed by atoms with E-state index in [4.69, 9.17) is 5.73 Å². The molecule has 1 aromatic rings. The summed E-state index contributed by atoms with van der Waals surface area (Å²) in [5.41, 5.74) is 7.86. The molecule has 4 heteroatoms. The van der Waals surface area contributed by atoms with Gasteiger partial charge in [-0.15, -0.1) is 0 Å². The van der Waals surface area contributed by atoms with Crippen LogP contribution in [0.2, 0.25) is 0 Å². The number of benzene rings is 1. The zero-order valence-corrected chi connectivity index (χ0v) is 13.8. The van der Waals surface area contributed by atoms with Gasteiger partial charge in [0.15, 0.2) is 0 Å². The lowest BCUT2D eigenvalue weighted by atomic mass is 10.0. The monoisotopic (exact) mass is 291 g/mol. The molecule has 1 amide bonds. The molecule has 0 saturated heterocycles. The third kappa shape index (κ3) is 6.17. The maximum Gasteiger partial charge on any atom is 0.222 e. The third-order valence-corrected chi connectivity index (χ3v) is 3.81. The first-order valence-corrected chi connectivity index (χ1v) is 7.64. The third-order valence-electron chi connectivity index (χ3n) is 3.81. The fraction of sp³-hybridized carbons (Fsp3) is 0.588. The molecule has 0 aliphatic rings. The van der Waals surface area contributed by atoms with Crippen molar-refractivity contribution in [3.8, 4) is 0 Å². The minimum atomic E-state index is 0.204. The molecule has 2 N–H and O–H groups in total. The summed E-state index contributed by atoms with van der Waals surface area (Å²) in [5, 5.41) is 0. The Labute approximate surface area is 128 Å². The van der Waals surface area contributed by atoms with Crippen molar-refractivity contribution in [3.05, 3.63) is 29.8 Å². The molecule has 0 radical (unpaired) electrons. The summed E-state index contributed by atoms with van der Waals surface area (Å²) >= 11 is 0. The minimum absolute atomic E-state index is 0.204. The molecular weight excluding hydrogens is 262 g/mol. The van der Waals surface area contributed by atoms with Crippen molar-refractivity contribution in [3.63, 3.8) is 0 Å². The van der Waals surface area contributed by atoms with E-state index < -0.39 is 0 Å². The van der Waals surface area contributed by atoms with E-state index in [1.54, 1.807) is 4.90 Å². The Morgan fingerprint density at radius 3 is 2.29 bits per heavy atom. The second kappa shape index (κ2) is 8.67. The minimum Gasteiger partial charge on any atom is -0.378 e. The van der Waals surface area contributed by atoms with E-state index in [-0.39, 0.29) is 5.91 Å². The molecule has 21 heavy (non-hydrogen) atoms. The summed E-state index contributed by atoms with van der Waals surface area (Å²) in [6.07, 6.45) is 2.51. The molecule has 1 aromatic carbocycles. The van der Waals surface area contributed by atoms with Gasteiger partial charge in [-0.3, -0.25) is 4.79 Å². The van der Waals surface area contributed by atoms with E-state index in [1.807, 2.05) is 21.1 Å². The number of hydrogen-bond donors (Lipinski definition) is 1. The zero-order valence-electron chi connectivity index (χ0n) is 13.8. The smallest absolute Gasteiger partial charge is 0.222 e. The molecule has 0 saturated carbocycles. The van der Waals surface area contributed by atoms with Crippen LogP contribution >= 0.6 is 0 Å². The van der Waals surface area contributed by atoms with E-state index in [0.717, 1.165) is 18.4 Å². The normalized spacial score (nSPS) is 12.0. The number of carbonyl (C=O) groups excluding carboxylic acids is 1. The van der Waals surface area contributed by atoms with Gasteiger partial charge in [-0.2, -0.15) is 0 Å². The molecule has 0 spiro atoms. The quantitative estimate of drug-likeness (QED) is 0.800. The lowest BCUT2D eigenvalue weighted by Gasteiger charge is -2.19. The second-order valence-electron chi connectivity index (χ2n) is 6.03. The van der Waals surface area contributed by atoms with Gasteiger partial charge in [0.1, 0.15) is 0 Å². The van der Waals surface area contributed by atoms with Gasteiger partial charge >= 0.3 is 0 Å². The van der Waals surface area contributed by atoms with Gasteiger partial charge in [0.25, 0.3) is 0 Å². The van der Waals surface area contributed by atoms with Crippen molar-refractivity contribution in [2.24, 2.45) is 11.7 Å². The number of nitrogens with two attached hydrogens (primary N) is 1. The maximum absolute atomic E-state index is 12.1. The second-order valence-corrected chi connectivity index (χ2v) is 6.03. The van der Waals surface area contributed by atoms with Crippen LogP contribution in [0.1, 0.15) is 31.7 Å². The summed E-state index contributed by atoms with van der Waals surface area (Å²) in [4.78, 5) is 16.0. The zero-order chi connectivity index (χ0) is 15.8. The van der Waals surface area contributed by atoms with Crippen LogP contribution in [0.25, 0.3) is 0 Å². The molecular formula is C17H29N3O.